The number of likely N-dealkylation sites (N-methyl/N-ethyl adjacent to an activating group) is 1. The van der Waals surface area contributed by atoms with Gasteiger partial charge in [0.1, 0.15) is 0 Å². The predicted molar refractivity (Wildman–Crippen MR) is 118 cm³/mol. The molecule has 1 atom stereocenters. The van der Waals surface area contributed by atoms with Gasteiger partial charge in [-0.15, -0.1) is 6.54 Å². The quantitative estimate of drug-likeness (QED) is 0.565. The number of nitrogens with zero attached hydrogens (tertiary/aromatic N) is 3. The monoisotopic (exact) mass is 461 g/mol. The van der Waals surface area contributed by atoms with Gasteiger partial charge in [-0.05, 0) is 24.8 Å². The summed E-state index contributed by atoms with van der Waals surface area (Å²) in [7, 11) is 2.20. The molecule has 2 saturated heterocycles. The fourth-order valence-corrected chi connectivity index (χ4v) is 3.27. The van der Waals surface area contributed by atoms with Crippen LogP contribution in [0.4, 0.5) is 0 Å². The molecule has 0 N–H and O–H groups in total. The van der Waals surface area contributed by atoms with E-state index in [1.165, 1.54) is 32.7 Å². The van der Waals surface area contributed by atoms with Gasteiger partial charge in [-0.1, -0.05) is 56.4 Å². The molecule has 0 saturated carbocycles. The van der Waals surface area contributed by atoms with Gasteiger partial charge < -0.3 is 19.4 Å². The molecule has 5 heteroatoms. The Morgan fingerprint density at radius 3 is 1.70 bits per heavy atom. The second kappa shape index (κ2) is 14.9. The third-order valence-electron chi connectivity index (χ3n) is 4.17. The molecule has 1 unspecified atom stereocenters. The summed E-state index contributed by atoms with van der Waals surface area (Å²) in [4.78, 5) is 7.41. The van der Waals surface area contributed by atoms with E-state index in [1.54, 1.807) is 0 Å². The first-order valence-corrected chi connectivity index (χ1v) is 9.55. The predicted octanol–water partition coefficient (Wildman–Crippen LogP) is 4.46. The molecule has 27 heavy (non-hydrogen) atoms. The maximum absolute atomic E-state index is 5.36. The molecule has 0 aliphatic carbocycles. The van der Waals surface area contributed by atoms with E-state index < -0.39 is 0 Å². The van der Waals surface area contributed by atoms with Gasteiger partial charge in [-0.25, -0.2) is 0 Å². The van der Waals surface area contributed by atoms with Crippen LogP contribution >= 0.6 is 0 Å². The summed E-state index contributed by atoms with van der Waals surface area (Å²) in [5.41, 5.74) is 0.848. The van der Waals surface area contributed by atoms with E-state index in [0.717, 1.165) is 19.6 Å². The molecular weight excluding hydrogens is 411 g/mol. The summed E-state index contributed by atoms with van der Waals surface area (Å²) in [6.45, 7) is 27.2. The molecule has 0 bridgehead atoms. The van der Waals surface area contributed by atoms with Gasteiger partial charge in [0.05, 0.1) is 0 Å². The van der Waals surface area contributed by atoms with Gasteiger partial charge in [0.15, 0.2) is 0 Å². The van der Waals surface area contributed by atoms with E-state index >= 15 is 0 Å². The molecule has 0 amide bonds. The Hall–Kier alpha value is 0.944. The van der Waals surface area contributed by atoms with Crippen molar-refractivity contribution in [3.05, 3.63) is 6.61 Å². The molecule has 4 nitrogen and oxygen atoms in total. The van der Waals surface area contributed by atoms with Gasteiger partial charge in [0.25, 0.3) is 0 Å². The molecular formula is C22H50N3OY-. The van der Waals surface area contributed by atoms with E-state index in [4.69, 9.17) is 4.74 Å². The first-order valence-electron chi connectivity index (χ1n) is 9.55. The Morgan fingerprint density at radius 2 is 1.30 bits per heavy atom. The Balaban J connectivity index is -0.000000384. The third-order valence-corrected chi connectivity index (χ3v) is 4.17. The average molecular weight is 462 g/mol. The topological polar surface area (TPSA) is 19.0 Å². The van der Waals surface area contributed by atoms with Gasteiger partial charge in [-0.2, -0.15) is 6.61 Å². The van der Waals surface area contributed by atoms with Gasteiger partial charge in [-0.3, -0.25) is 0 Å². The minimum atomic E-state index is 0. The fourth-order valence-electron chi connectivity index (χ4n) is 3.27. The average Bonchev–Trinajstić information content (AvgIpc) is 2.39. The third kappa shape index (κ3) is 17.5. The molecule has 2 aliphatic heterocycles. The van der Waals surface area contributed by atoms with Crippen molar-refractivity contribution in [2.45, 2.75) is 69.4 Å². The SMILES string of the molecule is C.C.CC1CN(CC(C)(C)C)C[CH-]O1.CN1CCN(CC(C)(C)C)CC1.[Y]. The zero-order valence-corrected chi connectivity index (χ0v) is 21.0. The zero-order chi connectivity index (χ0) is 18.4. The van der Waals surface area contributed by atoms with Crippen LogP contribution in [0.15, 0.2) is 0 Å². The van der Waals surface area contributed by atoms with Gasteiger partial charge >= 0.3 is 0 Å². The van der Waals surface area contributed by atoms with Crippen molar-refractivity contribution >= 4 is 0 Å². The van der Waals surface area contributed by atoms with Gasteiger partial charge in [0.2, 0.25) is 0 Å². The summed E-state index contributed by atoms with van der Waals surface area (Å²) >= 11 is 0. The minimum Gasteiger partial charge on any atom is -0.548 e. The van der Waals surface area contributed by atoms with Crippen LogP contribution in [-0.2, 0) is 37.4 Å². The molecule has 2 rings (SSSR count). The second-order valence-electron chi connectivity index (χ2n) is 10.0. The summed E-state index contributed by atoms with van der Waals surface area (Å²) < 4.78 is 5.36. The number of hydrogen-bond acceptors (Lipinski definition) is 4. The van der Waals surface area contributed by atoms with Crippen LogP contribution in [-0.4, -0.2) is 80.2 Å². The summed E-state index contributed by atoms with van der Waals surface area (Å²) in [6, 6.07) is 0. The molecule has 2 aliphatic rings. The number of morpholine rings is 1. The molecule has 2 fully saturated rings. The Morgan fingerprint density at radius 1 is 0.852 bits per heavy atom. The first-order chi connectivity index (χ1) is 10.9. The fraction of sp³-hybridized carbons (Fsp3) is 0.955. The minimum absolute atomic E-state index is 0. The van der Waals surface area contributed by atoms with E-state index in [0.29, 0.717) is 16.9 Å². The normalized spacial score (nSPS) is 22.4. The number of hydrogen-bond donors (Lipinski definition) is 0. The van der Waals surface area contributed by atoms with Crippen molar-refractivity contribution in [3.8, 4) is 0 Å². The van der Waals surface area contributed by atoms with Crippen molar-refractivity contribution in [2.24, 2.45) is 10.8 Å². The van der Waals surface area contributed by atoms with Crippen LogP contribution in [0.5, 0.6) is 0 Å². The van der Waals surface area contributed by atoms with Crippen molar-refractivity contribution in [1.29, 1.82) is 0 Å². The Bertz CT molecular complexity index is 344. The first kappa shape index (κ1) is 32.6. The van der Waals surface area contributed by atoms with Crippen molar-refractivity contribution < 1.29 is 37.4 Å². The number of piperazine rings is 1. The maximum atomic E-state index is 5.36. The molecule has 163 valence electrons. The van der Waals surface area contributed by atoms with Gasteiger partial charge in [0, 0.05) is 84.6 Å². The largest absolute Gasteiger partial charge is 0.548 e. The molecule has 0 aromatic heterocycles. The van der Waals surface area contributed by atoms with Crippen molar-refractivity contribution in [1.82, 2.24) is 14.7 Å². The van der Waals surface area contributed by atoms with E-state index in [1.807, 2.05) is 6.61 Å². The van der Waals surface area contributed by atoms with Crippen LogP contribution in [0, 0.1) is 17.4 Å². The van der Waals surface area contributed by atoms with E-state index in [9.17, 15) is 0 Å². The summed E-state index contributed by atoms with van der Waals surface area (Å²) in [6.07, 6.45) is 0.362. The Kier molecular flexibility index (Phi) is 17.9. The van der Waals surface area contributed by atoms with Crippen LogP contribution in [0.3, 0.4) is 0 Å². The van der Waals surface area contributed by atoms with Crippen LogP contribution in [0.2, 0.25) is 0 Å². The van der Waals surface area contributed by atoms with Crippen LogP contribution in [0.25, 0.3) is 0 Å². The Labute approximate surface area is 197 Å². The second-order valence-corrected chi connectivity index (χ2v) is 10.0. The van der Waals surface area contributed by atoms with Crippen LogP contribution < -0.4 is 0 Å². The molecule has 0 aromatic rings. The van der Waals surface area contributed by atoms with Crippen LogP contribution in [0.1, 0.15) is 63.3 Å². The zero-order valence-electron chi connectivity index (χ0n) is 18.1. The molecule has 0 aromatic carbocycles. The van der Waals surface area contributed by atoms with E-state index in [-0.39, 0.29) is 47.6 Å². The van der Waals surface area contributed by atoms with Crippen molar-refractivity contribution in [2.75, 3.05) is 59.4 Å². The summed E-state index contributed by atoms with van der Waals surface area (Å²) in [5.74, 6) is 0. The summed E-state index contributed by atoms with van der Waals surface area (Å²) in [5, 5.41) is 0. The molecule has 2 heterocycles. The standard InChI is InChI=1S/C10H22N2.C10H20NO.2CH4.Y/c1-10(2,3)9-12-7-5-11(4)6-8-12;1-9-7-11(5-6-12-9)8-10(2,3)4;;;/h5-9H2,1-4H3;6,9H,5,7-8H2,1-4H3;2*1H4;/q;-1;;;. The molecule has 0 spiro atoms. The van der Waals surface area contributed by atoms with E-state index in [2.05, 4.69) is 70.2 Å². The number of ether oxygens (including phenoxy) is 1. The number of rotatable bonds is 2. The smallest absolute Gasteiger partial charge is 0.0331 e. The molecule has 1 radical (unpaired) electrons. The van der Waals surface area contributed by atoms with Crippen molar-refractivity contribution in [3.63, 3.8) is 0 Å². The maximum Gasteiger partial charge on any atom is 0.0331 e.